The molecule has 1 aliphatic rings. The zero-order valence-electron chi connectivity index (χ0n) is 12.5. The summed E-state index contributed by atoms with van der Waals surface area (Å²) in [5.41, 5.74) is 1.29. The number of aliphatic hydroxyl groups excluding tert-OH is 1. The van der Waals surface area contributed by atoms with Crippen LogP contribution in [0.3, 0.4) is 0 Å². The molecule has 2 atom stereocenters. The molecule has 0 aliphatic carbocycles. The molecule has 1 N–H and O–H groups in total. The molecule has 1 saturated heterocycles. The number of anilines is 1. The van der Waals surface area contributed by atoms with E-state index in [1.807, 2.05) is 0 Å². The van der Waals surface area contributed by atoms with Crippen LogP contribution in [0.25, 0.3) is 0 Å². The summed E-state index contributed by atoms with van der Waals surface area (Å²) in [7, 11) is 0. The summed E-state index contributed by atoms with van der Waals surface area (Å²) in [5, 5.41) is 19.4. The molecular formula is C17H15F2N3O. The van der Waals surface area contributed by atoms with Crippen molar-refractivity contribution in [3.05, 3.63) is 58.8 Å². The molecule has 6 heteroatoms. The molecule has 0 spiro atoms. The SMILES string of the molecule is Cc1ccnc(N2C[C@H](O)C[C@@H]2c2cc(F)ccc2F)c1C#N. The number of rotatable bonds is 2. The van der Waals surface area contributed by atoms with Gasteiger partial charge in [-0.05, 0) is 43.2 Å². The molecule has 0 radical (unpaired) electrons. The summed E-state index contributed by atoms with van der Waals surface area (Å²) in [4.78, 5) is 5.91. The van der Waals surface area contributed by atoms with Gasteiger partial charge < -0.3 is 10.0 Å². The number of halogens is 2. The third-order valence-electron chi connectivity index (χ3n) is 4.12. The maximum atomic E-state index is 14.1. The Bertz CT molecular complexity index is 788. The molecule has 23 heavy (non-hydrogen) atoms. The summed E-state index contributed by atoms with van der Waals surface area (Å²) in [6, 6.07) is 6.51. The van der Waals surface area contributed by atoms with Gasteiger partial charge in [-0.15, -0.1) is 0 Å². The molecule has 0 saturated carbocycles. The van der Waals surface area contributed by atoms with Crippen molar-refractivity contribution in [1.82, 2.24) is 4.98 Å². The molecule has 0 unspecified atom stereocenters. The van der Waals surface area contributed by atoms with E-state index >= 15 is 0 Å². The summed E-state index contributed by atoms with van der Waals surface area (Å²) in [6.07, 6.45) is 1.12. The van der Waals surface area contributed by atoms with Gasteiger partial charge in [0.2, 0.25) is 0 Å². The van der Waals surface area contributed by atoms with Crippen molar-refractivity contribution in [2.45, 2.75) is 25.5 Å². The number of nitriles is 1. The van der Waals surface area contributed by atoms with Crippen molar-refractivity contribution in [3.63, 3.8) is 0 Å². The van der Waals surface area contributed by atoms with Gasteiger partial charge >= 0.3 is 0 Å². The molecule has 1 aliphatic heterocycles. The van der Waals surface area contributed by atoms with Crippen LogP contribution in [0.15, 0.2) is 30.5 Å². The Hall–Kier alpha value is -2.52. The number of aliphatic hydroxyl groups is 1. The number of hydrogen-bond donors (Lipinski definition) is 1. The lowest BCUT2D eigenvalue weighted by Gasteiger charge is -2.27. The Morgan fingerprint density at radius 2 is 2.13 bits per heavy atom. The first-order valence-corrected chi connectivity index (χ1v) is 7.26. The molecule has 0 amide bonds. The van der Waals surface area contributed by atoms with E-state index in [-0.39, 0.29) is 18.5 Å². The molecule has 118 valence electrons. The highest BCUT2D eigenvalue weighted by Crippen LogP contribution is 2.38. The van der Waals surface area contributed by atoms with E-state index in [4.69, 9.17) is 0 Å². The molecular weight excluding hydrogens is 300 g/mol. The average molecular weight is 315 g/mol. The standard InChI is InChI=1S/C17H15F2N3O/c1-10-4-5-21-17(14(10)8-20)22-9-12(23)7-16(22)13-6-11(18)2-3-15(13)19/h2-6,12,16,23H,7,9H2,1H3/t12-,16-/m1/s1. The minimum Gasteiger partial charge on any atom is -0.391 e. The van der Waals surface area contributed by atoms with E-state index in [1.54, 1.807) is 24.1 Å². The van der Waals surface area contributed by atoms with E-state index in [0.29, 0.717) is 11.4 Å². The fourth-order valence-corrected chi connectivity index (χ4v) is 3.01. The summed E-state index contributed by atoms with van der Waals surface area (Å²) < 4.78 is 27.7. The Morgan fingerprint density at radius 1 is 1.35 bits per heavy atom. The number of hydrogen-bond acceptors (Lipinski definition) is 4. The number of nitrogens with zero attached hydrogens (tertiary/aromatic N) is 3. The van der Waals surface area contributed by atoms with E-state index in [0.717, 1.165) is 23.8 Å². The lowest BCUT2D eigenvalue weighted by Crippen LogP contribution is -2.27. The Morgan fingerprint density at radius 3 is 2.87 bits per heavy atom. The lowest BCUT2D eigenvalue weighted by atomic mass is 10.0. The molecule has 2 aromatic rings. The van der Waals surface area contributed by atoms with Crippen LogP contribution in [0.4, 0.5) is 14.6 Å². The zero-order valence-corrected chi connectivity index (χ0v) is 12.5. The highest BCUT2D eigenvalue weighted by atomic mass is 19.1. The van der Waals surface area contributed by atoms with Gasteiger partial charge in [-0.1, -0.05) is 0 Å². The minimum atomic E-state index is -0.698. The van der Waals surface area contributed by atoms with Gasteiger partial charge in [0.15, 0.2) is 0 Å². The summed E-state index contributed by atoms with van der Waals surface area (Å²) >= 11 is 0. The number of β-amino-alcohol motifs (C(OH)–C–C–N with tert-alkyl or cyclic N) is 1. The van der Waals surface area contributed by atoms with Crippen LogP contribution in [0, 0.1) is 29.9 Å². The normalized spacial score (nSPS) is 20.6. The fourth-order valence-electron chi connectivity index (χ4n) is 3.01. The lowest BCUT2D eigenvalue weighted by molar-refractivity contribution is 0.194. The van der Waals surface area contributed by atoms with Gasteiger partial charge in [0, 0.05) is 18.3 Å². The second kappa shape index (κ2) is 5.94. The topological polar surface area (TPSA) is 60.1 Å². The van der Waals surface area contributed by atoms with Crippen molar-refractivity contribution in [2.75, 3.05) is 11.4 Å². The molecule has 4 nitrogen and oxygen atoms in total. The van der Waals surface area contributed by atoms with Crippen LogP contribution in [0.1, 0.15) is 29.2 Å². The van der Waals surface area contributed by atoms with Crippen molar-refractivity contribution in [3.8, 4) is 6.07 Å². The van der Waals surface area contributed by atoms with Gasteiger partial charge in [-0.3, -0.25) is 0 Å². The predicted molar refractivity (Wildman–Crippen MR) is 80.8 cm³/mol. The van der Waals surface area contributed by atoms with E-state index in [9.17, 15) is 19.1 Å². The monoisotopic (exact) mass is 315 g/mol. The molecule has 1 aromatic heterocycles. The van der Waals surface area contributed by atoms with Crippen LogP contribution >= 0.6 is 0 Å². The van der Waals surface area contributed by atoms with Gasteiger partial charge in [0.05, 0.1) is 17.7 Å². The number of benzene rings is 1. The van der Waals surface area contributed by atoms with Crippen molar-refractivity contribution in [1.29, 1.82) is 5.26 Å². The fraction of sp³-hybridized carbons (Fsp3) is 0.294. The van der Waals surface area contributed by atoms with Gasteiger partial charge in [0.25, 0.3) is 0 Å². The Kier molecular flexibility index (Phi) is 3.97. The van der Waals surface area contributed by atoms with E-state index in [1.165, 1.54) is 0 Å². The van der Waals surface area contributed by atoms with Crippen LogP contribution in [-0.4, -0.2) is 22.7 Å². The summed E-state index contributed by atoms with van der Waals surface area (Å²) in [6.45, 7) is 2.00. The first-order chi connectivity index (χ1) is 11.0. The average Bonchev–Trinajstić information content (AvgIpc) is 2.91. The van der Waals surface area contributed by atoms with Gasteiger partial charge in [-0.25, -0.2) is 13.8 Å². The van der Waals surface area contributed by atoms with E-state index < -0.39 is 23.8 Å². The maximum absolute atomic E-state index is 14.1. The summed E-state index contributed by atoms with van der Waals surface area (Å²) in [5.74, 6) is -0.695. The second-order valence-corrected chi connectivity index (χ2v) is 5.66. The van der Waals surface area contributed by atoms with Crippen molar-refractivity contribution in [2.24, 2.45) is 0 Å². The smallest absolute Gasteiger partial charge is 0.147 e. The highest BCUT2D eigenvalue weighted by Gasteiger charge is 2.36. The maximum Gasteiger partial charge on any atom is 0.147 e. The first kappa shape index (κ1) is 15.4. The molecule has 0 bridgehead atoms. The van der Waals surface area contributed by atoms with Crippen LogP contribution in [0.2, 0.25) is 0 Å². The van der Waals surface area contributed by atoms with Crippen LogP contribution < -0.4 is 4.90 Å². The van der Waals surface area contributed by atoms with Crippen molar-refractivity contribution >= 4 is 5.82 Å². The quantitative estimate of drug-likeness (QED) is 0.926. The number of pyridine rings is 1. The number of aromatic nitrogens is 1. The van der Waals surface area contributed by atoms with Gasteiger partial charge in [-0.2, -0.15) is 5.26 Å². The Balaban J connectivity index is 2.10. The zero-order chi connectivity index (χ0) is 16.6. The largest absolute Gasteiger partial charge is 0.391 e. The molecule has 3 rings (SSSR count). The minimum absolute atomic E-state index is 0.161. The highest BCUT2D eigenvalue weighted by molar-refractivity contribution is 5.59. The predicted octanol–water partition coefficient (Wildman–Crippen LogP) is 2.85. The molecule has 2 heterocycles. The number of aryl methyl sites for hydroxylation is 1. The van der Waals surface area contributed by atoms with Gasteiger partial charge in [0.1, 0.15) is 23.5 Å². The van der Waals surface area contributed by atoms with E-state index in [2.05, 4.69) is 11.1 Å². The third-order valence-corrected chi connectivity index (χ3v) is 4.12. The van der Waals surface area contributed by atoms with Crippen LogP contribution in [-0.2, 0) is 0 Å². The Labute approximate surface area is 132 Å². The third kappa shape index (κ3) is 2.76. The van der Waals surface area contributed by atoms with Crippen LogP contribution in [0.5, 0.6) is 0 Å². The molecule has 1 fully saturated rings. The molecule has 1 aromatic carbocycles. The first-order valence-electron chi connectivity index (χ1n) is 7.26. The van der Waals surface area contributed by atoms with Crippen molar-refractivity contribution < 1.29 is 13.9 Å². The second-order valence-electron chi connectivity index (χ2n) is 5.66.